The summed E-state index contributed by atoms with van der Waals surface area (Å²) in [4.78, 5) is 10.0. The van der Waals surface area contributed by atoms with Crippen LogP contribution in [0.1, 0.15) is 0 Å². The first-order valence-corrected chi connectivity index (χ1v) is 20.2. The van der Waals surface area contributed by atoms with Gasteiger partial charge in [0, 0.05) is 22.1 Å². The fourth-order valence-electron chi connectivity index (χ4n) is 9.82. The smallest absolute Gasteiger partial charge is 0.146 e. The van der Waals surface area contributed by atoms with Crippen molar-refractivity contribution in [3.05, 3.63) is 206 Å². The minimum atomic E-state index is 0.987. The fraction of sp³-hybridized carbons (Fsp3) is 0. The molecule has 0 saturated carbocycles. The zero-order chi connectivity index (χ0) is 38.6. The van der Waals surface area contributed by atoms with Gasteiger partial charge >= 0.3 is 0 Å². The molecule has 0 N–H and O–H groups in total. The van der Waals surface area contributed by atoms with Crippen molar-refractivity contribution in [2.24, 2.45) is 0 Å². The Labute approximate surface area is 340 Å². The molecule has 0 amide bonds. The third-order valence-electron chi connectivity index (χ3n) is 12.4. The summed E-state index contributed by atoms with van der Waals surface area (Å²) in [6, 6.07) is 75.2. The van der Waals surface area contributed by atoms with Gasteiger partial charge in [0.1, 0.15) is 5.65 Å². The van der Waals surface area contributed by atoms with Crippen LogP contribution in [-0.2, 0) is 0 Å². The first-order chi connectivity index (χ1) is 29.3. The van der Waals surface area contributed by atoms with E-state index in [0.717, 1.165) is 61.7 Å². The van der Waals surface area contributed by atoms with E-state index < -0.39 is 0 Å². The number of benzene rings is 10. The van der Waals surface area contributed by atoms with E-state index in [1.807, 2.05) is 0 Å². The van der Waals surface area contributed by atoms with Crippen LogP contribution in [0.4, 0.5) is 34.1 Å². The molecule has 0 bridgehead atoms. The normalized spacial score (nSPS) is 12.7. The Hall–Kier alpha value is -7.95. The van der Waals surface area contributed by atoms with Crippen LogP contribution < -0.4 is 9.80 Å². The van der Waals surface area contributed by atoms with Gasteiger partial charge < -0.3 is 9.80 Å². The largest absolute Gasteiger partial charge is 0.306 e. The number of hydrogen-bond donors (Lipinski definition) is 0. The summed E-state index contributed by atoms with van der Waals surface area (Å²) in [5.74, 6) is 0. The van der Waals surface area contributed by atoms with Gasteiger partial charge in [0.25, 0.3) is 0 Å². The lowest BCUT2D eigenvalue weighted by molar-refractivity contribution is 1.17. The molecule has 2 aromatic heterocycles. The highest BCUT2D eigenvalue weighted by molar-refractivity contribution is 6.28. The number of nitrogens with zero attached hydrogens (tertiary/aromatic N) is 4. The van der Waals surface area contributed by atoms with E-state index in [1.54, 1.807) is 0 Å². The van der Waals surface area contributed by atoms with E-state index in [2.05, 4.69) is 220 Å². The van der Waals surface area contributed by atoms with Crippen molar-refractivity contribution in [3.8, 4) is 11.1 Å². The highest BCUT2D eigenvalue weighted by Gasteiger charge is 2.31. The van der Waals surface area contributed by atoms with Crippen LogP contribution in [0, 0.1) is 0 Å². The molecule has 13 rings (SSSR count). The number of aromatic nitrogens is 2. The van der Waals surface area contributed by atoms with Crippen LogP contribution in [0.3, 0.4) is 0 Å². The summed E-state index contributed by atoms with van der Waals surface area (Å²) in [6.07, 6.45) is 0. The number of anilines is 6. The Morgan fingerprint density at radius 1 is 0.288 bits per heavy atom. The summed E-state index contributed by atoms with van der Waals surface area (Å²) in [5.41, 5.74) is 13.5. The van der Waals surface area contributed by atoms with Gasteiger partial charge in [-0.1, -0.05) is 121 Å². The SMILES string of the molecule is c1ccc(N2c3ccccc3N(c3ccccc3)c3cc4c5cc(-c6ccc7c(c6)c6ccccc6n6c8ccccc8nc76)ccc5c5ccccc5c4cc32)cc1. The van der Waals surface area contributed by atoms with Gasteiger partial charge in [-0.2, -0.15) is 0 Å². The molecule has 4 heteroatoms. The first kappa shape index (κ1) is 32.2. The van der Waals surface area contributed by atoms with Crippen molar-refractivity contribution in [2.75, 3.05) is 9.80 Å². The van der Waals surface area contributed by atoms with E-state index >= 15 is 0 Å². The van der Waals surface area contributed by atoms with Gasteiger partial charge in [-0.05, 0) is 134 Å². The number of pyridine rings is 1. The van der Waals surface area contributed by atoms with Crippen molar-refractivity contribution in [1.29, 1.82) is 0 Å². The molecule has 1 aliphatic rings. The lowest BCUT2D eigenvalue weighted by atomic mass is 9.90. The van der Waals surface area contributed by atoms with Crippen LogP contribution >= 0.6 is 0 Å². The molecular weight excluding hydrogens is 717 g/mol. The highest BCUT2D eigenvalue weighted by atomic mass is 15.3. The van der Waals surface area contributed by atoms with Crippen LogP contribution in [0.15, 0.2) is 206 Å². The Morgan fingerprint density at radius 2 is 0.729 bits per heavy atom. The van der Waals surface area contributed by atoms with Gasteiger partial charge in [-0.3, -0.25) is 4.40 Å². The van der Waals surface area contributed by atoms with E-state index in [4.69, 9.17) is 4.98 Å². The minimum absolute atomic E-state index is 0.987. The Morgan fingerprint density at radius 3 is 1.37 bits per heavy atom. The third-order valence-corrected chi connectivity index (χ3v) is 12.4. The third kappa shape index (κ3) is 4.63. The molecule has 274 valence electrons. The molecule has 0 unspecified atom stereocenters. The maximum atomic E-state index is 5.16. The summed E-state index contributed by atoms with van der Waals surface area (Å²) < 4.78 is 2.32. The molecule has 3 heterocycles. The Bertz CT molecular complexity index is 3680. The summed E-state index contributed by atoms with van der Waals surface area (Å²) >= 11 is 0. The average molecular weight is 751 g/mol. The van der Waals surface area contributed by atoms with Crippen molar-refractivity contribution in [2.45, 2.75) is 0 Å². The number of fused-ring (bicyclic) bond motifs is 16. The predicted octanol–water partition coefficient (Wildman–Crippen LogP) is 15.2. The second-order valence-electron chi connectivity index (χ2n) is 15.6. The summed E-state index contributed by atoms with van der Waals surface area (Å²) in [7, 11) is 0. The topological polar surface area (TPSA) is 23.8 Å². The van der Waals surface area contributed by atoms with Gasteiger partial charge in [0.15, 0.2) is 0 Å². The standard InChI is InChI=1S/C55H34N4/c1-3-15-37(16-4-1)57-51-25-13-14-26-52(51)58(38-17-5-2-6-18-38)54-34-47-44-31-35(27-29-41(44)39-19-7-8-20-40(39)46(47)33-53(54)57)36-28-30-43-45(32-36)42-21-9-11-23-49(42)59-50-24-12-10-22-48(50)56-55(43)59/h1-34H. The lowest BCUT2D eigenvalue weighted by Gasteiger charge is -2.40. The van der Waals surface area contributed by atoms with Crippen molar-refractivity contribution in [1.82, 2.24) is 9.38 Å². The van der Waals surface area contributed by atoms with Gasteiger partial charge in [-0.25, -0.2) is 4.98 Å². The number of rotatable bonds is 3. The average Bonchev–Trinajstić information content (AvgIpc) is 3.71. The maximum Gasteiger partial charge on any atom is 0.146 e. The molecule has 59 heavy (non-hydrogen) atoms. The van der Waals surface area contributed by atoms with Crippen molar-refractivity contribution >= 4 is 105 Å². The Kier molecular flexibility index (Phi) is 6.69. The van der Waals surface area contributed by atoms with Gasteiger partial charge in [0.05, 0.1) is 39.3 Å². The molecule has 10 aromatic carbocycles. The van der Waals surface area contributed by atoms with E-state index in [-0.39, 0.29) is 0 Å². The van der Waals surface area contributed by atoms with Crippen LogP contribution in [0.25, 0.3) is 81.8 Å². The van der Waals surface area contributed by atoms with Gasteiger partial charge in [-0.15, -0.1) is 0 Å². The minimum Gasteiger partial charge on any atom is -0.306 e. The van der Waals surface area contributed by atoms with Crippen LogP contribution in [-0.4, -0.2) is 9.38 Å². The summed E-state index contributed by atoms with van der Waals surface area (Å²) in [6.45, 7) is 0. The molecule has 4 nitrogen and oxygen atoms in total. The quantitative estimate of drug-likeness (QED) is 0.168. The van der Waals surface area contributed by atoms with Crippen LogP contribution in [0.5, 0.6) is 0 Å². The van der Waals surface area contributed by atoms with Gasteiger partial charge in [0.2, 0.25) is 0 Å². The molecule has 12 aromatic rings. The van der Waals surface area contributed by atoms with Crippen molar-refractivity contribution in [3.63, 3.8) is 0 Å². The molecule has 0 radical (unpaired) electrons. The fourth-order valence-corrected chi connectivity index (χ4v) is 9.82. The second kappa shape index (κ2) is 12.3. The molecule has 0 saturated heterocycles. The predicted molar refractivity (Wildman–Crippen MR) is 249 cm³/mol. The lowest BCUT2D eigenvalue weighted by Crippen LogP contribution is -2.24. The molecule has 0 aliphatic carbocycles. The zero-order valence-corrected chi connectivity index (χ0v) is 31.9. The monoisotopic (exact) mass is 750 g/mol. The molecule has 0 atom stereocenters. The Balaban J connectivity index is 1.10. The molecular formula is C55H34N4. The van der Waals surface area contributed by atoms with Crippen LogP contribution in [0.2, 0.25) is 0 Å². The maximum absolute atomic E-state index is 5.16. The molecule has 1 aliphatic heterocycles. The number of hydrogen-bond acceptors (Lipinski definition) is 3. The van der Waals surface area contributed by atoms with E-state index in [1.165, 1.54) is 54.2 Å². The molecule has 0 fully saturated rings. The van der Waals surface area contributed by atoms with Crippen molar-refractivity contribution < 1.29 is 0 Å². The molecule has 0 spiro atoms. The summed E-state index contributed by atoms with van der Waals surface area (Å²) in [5, 5.41) is 11.0. The van der Waals surface area contributed by atoms with E-state index in [9.17, 15) is 0 Å². The zero-order valence-electron chi connectivity index (χ0n) is 31.9. The first-order valence-electron chi connectivity index (χ1n) is 20.2. The number of para-hydroxylation sites is 7. The highest BCUT2D eigenvalue weighted by Crippen LogP contribution is 2.56. The van der Waals surface area contributed by atoms with E-state index in [0.29, 0.717) is 0 Å². The number of imidazole rings is 1. The second-order valence-corrected chi connectivity index (χ2v) is 15.6.